The molecule has 2 rings (SSSR count). The van der Waals surface area contributed by atoms with Crippen LogP contribution in [-0.2, 0) is 11.3 Å². The molecule has 0 atom stereocenters. The first kappa shape index (κ1) is 12.5. The molecule has 0 radical (unpaired) electrons. The molecule has 5 heteroatoms. The summed E-state index contributed by atoms with van der Waals surface area (Å²) in [6.45, 7) is 6.53. The molecule has 1 saturated heterocycles. The Labute approximate surface area is 106 Å². The molecule has 0 saturated carbocycles. The van der Waals surface area contributed by atoms with Gasteiger partial charge in [0.1, 0.15) is 0 Å². The number of hydrogen-bond acceptors (Lipinski definition) is 4. The second-order valence-electron chi connectivity index (χ2n) is 4.48. The molecule has 0 aliphatic carbocycles. The quantitative estimate of drug-likeness (QED) is 0.855. The minimum Gasteiger partial charge on any atom is -0.351 e. The van der Waals surface area contributed by atoms with Gasteiger partial charge >= 0.3 is 0 Å². The van der Waals surface area contributed by atoms with Crippen molar-refractivity contribution in [2.45, 2.75) is 33.2 Å². The van der Waals surface area contributed by atoms with Gasteiger partial charge in [-0.15, -0.1) is 11.3 Å². The normalized spacial score (nSPS) is 17.1. The highest BCUT2D eigenvalue weighted by atomic mass is 32.1. The summed E-state index contributed by atoms with van der Waals surface area (Å²) in [5.74, 6) is 0.377. The number of hydrogen-bond donors (Lipinski definition) is 2. The van der Waals surface area contributed by atoms with Crippen LogP contribution in [0.1, 0.15) is 28.4 Å². The van der Waals surface area contributed by atoms with E-state index in [0.717, 1.165) is 36.6 Å². The van der Waals surface area contributed by atoms with Gasteiger partial charge in [0.05, 0.1) is 17.2 Å². The van der Waals surface area contributed by atoms with E-state index in [4.69, 9.17) is 0 Å². The third-order valence-electron chi connectivity index (χ3n) is 3.13. The van der Waals surface area contributed by atoms with Gasteiger partial charge < -0.3 is 10.6 Å². The third-order valence-corrected chi connectivity index (χ3v) is 4.21. The van der Waals surface area contributed by atoms with Crippen LogP contribution in [0.2, 0.25) is 0 Å². The third kappa shape index (κ3) is 3.26. The first-order valence-electron chi connectivity index (χ1n) is 6.08. The maximum atomic E-state index is 11.9. The van der Waals surface area contributed by atoms with Gasteiger partial charge in [0, 0.05) is 10.8 Å². The number of carbonyl (C=O) groups excluding carboxylic acids is 1. The summed E-state index contributed by atoms with van der Waals surface area (Å²) in [5.41, 5.74) is 1.04. The number of piperidine rings is 1. The van der Waals surface area contributed by atoms with Gasteiger partial charge in [0.15, 0.2) is 0 Å². The summed E-state index contributed by atoms with van der Waals surface area (Å²) in [7, 11) is 0. The Morgan fingerprint density at radius 1 is 1.47 bits per heavy atom. The van der Waals surface area contributed by atoms with Crippen LogP contribution in [0.15, 0.2) is 0 Å². The molecule has 2 heterocycles. The SMILES string of the molecule is Cc1nc(C)c(CNC(=O)C2CCNCC2)s1. The van der Waals surface area contributed by atoms with E-state index >= 15 is 0 Å². The first-order chi connectivity index (χ1) is 8.16. The maximum Gasteiger partial charge on any atom is 0.223 e. The highest BCUT2D eigenvalue weighted by Crippen LogP contribution is 2.17. The molecule has 2 N–H and O–H groups in total. The molecule has 94 valence electrons. The Bertz CT molecular complexity index is 396. The molecule has 1 aromatic rings. The van der Waals surface area contributed by atoms with Crippen molar-refractivity contribution in [2.75, 3.05) is 13.1 Å². The smallest absolute Gasteiger partial charge is 0.223 e. The van der Waals surface area contributed by atoms with Crippen molar-refractivity contribution in [1.29, 1.82) is 0 Å². The van der Waals surface area contributed by atoms with Gasteiger partial charge in [-0.25, -0.2) is 4.98 Å². The summed E-state index contributed by atoms with van der Waals surface area (Å²) >= 11 is 1.66. The van der Waals surface area contributed by atoms with Crippen LogP contribution in [0, 0.1) is 19.8 Å². The second kappa shape index (κ2) is 5.60. The van der Waals surface area contributed by atoms with Gasteiger partial charge in [-0.05, 0) is 39.8 Å². The molecule has 1 aliphatic rings. The minimum atomic E-state index is 0.186. The molecule has 1 amide bonds. The maximum absolute atomic E-state index is 11.9. The lowest BCUT2D eigenvalue weighted by Gasteiger charge is -2.21. The Balaban J connectivity index is 1.85. The standard InChI is InChI=1S/C12H19N3OS/c1-8-11(17-9(2)15-8)7-14-12(16)10-3-5-13-6-4-10/h10,13H,3-7H2,1-2H3,(H,14,16). The molecule has 1 aromatic heterocycles. The lowest BCUT2D eigenvalue weighted by atomic mass is 9.97. The summed E-state index contributed by atoms with van der Waals surface area (Å²) in [6.07, 6.45) is 1.90. The van der Waals surface area contributed by atoms with Crippen LogP contribution in [0.4, 0.5) is 0 Å². The summed E-state index contributed by atoms with van der Waals surface area (Å²) < 4.78 is 0. The van der Waals surface area contributed by atoms with Gasteiger partial charge in [-0.1, -0.05) is 0 Å². The zero-order chi connectivity index (χ0) is 12.3. The number of nitrogens with zero attached hydrogens (tertiary/aromatic N) is 1. The molecule has 1 fully saturated rings. The van der Waals surface area contributed by atoms with Crippen LogP contribution in [0.5, 0.6) is 0 Å². The summed E-state index contributed by atoms with van der Waals surface area (Å²) in [4.78, 5) is 17.5. The van der Waals surface area contributed by atoms with Crippen LogP contribution in [-0.4, -0.2) is 24.0 Å². The predicted molar refractivity (Wildman–Crippen MR) is 69.0 cm³/mol. The highest BCUT2D eigenvalue weighted by Gasteiger charge is 2.20. The summed E-state index contributed by atoms with van der Waals surface area (Å²) in [5, 5.41) is 7.36. The molecule has 1 aliphatic heterocycles. The number of carbonyl (C=O) groups is 1. The van der Waals surface area contributed by atoms with E-state index in [9.17, 15) is 4.79 Å². The van der Waals surface area contributed by atoms with E-state index in [-0.39, 0.29) is 11.8 Å². The molecule has 0 spiro atoms. The Morgan fingerprint density at radius 2 is 2.18 bits per heavy atom. The average molecular weight is 253 g/mol. The molecule has 0 bridgehead atoms. The fraction of sp³-hybridized carbons (Fsp3) is 0.667. The van der Waals surface area contributed by atoms with E-state index < -0.39 is 0 Å². The zero-order valence-electron chi connectivity index (χ0n) is 10.4. The number of thiazole rings is 1. The van der Waals surface area contributed by atoms with Crippen LogP contribution >= 0.6 is 11.3 Å². The molecular weight excluding hydrogens is 234 g/mol. The van der Waals surface area contributed by atoms with Crippen molar-refractivity contribution in [3.8, 4) is 0 Å². The van der Waals surface area contributed by atoms with Gasteiger partial charge in [0.2, 0.25) is 5.91 Å². The van der Waals surface area contributed by atoms with E-state index in [1.807, 2.05) is 13.8 Å². The molecule has 0 aromatic carbocycles. The van der Waals surface area contributed by atoms with Gasteiger partial charge in [-0.3, -0.25) is 4.79 Å². The monoisotopic (exact) mass is 253 g/mol. The Hall–Kier alpha value is -0.940. The van der Waals surface area contributed by atoms with Crippen molar-refractivity contribution in [3.63, 3.8) is 0 Å². The highest BCUT2D eigenvalue weighted by molar-refractivity contribution is 7.11. The number of nitrogens with one attached hydrogen (secondary N) is 2. The van der Waals surface area contributed by atoms with Crippen molar-refractivity contribution in [1.82, 2.24) is 15.6 Å². The molecule has 4 nitrogen and oxygen atoms in total. The minimum absolute atomic E-state index is 0.186. The van der Waals surface area contributed by atoms with Crippen molar-refractivity contribution < 1.29 is 4.79 Å². The Kier molecular flexibility index (Phi) is 4.12. The average Bonchev–Trinajstić information content (AvgIpc) is 2.66. The first-order valence-corrected chi connectivity index (χ1v) is 6.90. The van der Waals surface area contributed by atoms with Crippen molar-refractivity contribution in [3.05, 3.63) is 15.6 Å². The van der Waals surface area contributed by atoms with E-state index in [2.05, 4.69) is 15.6 Å². The number of rotatable bonds is 3. The second-order valence-corrected chi connectivity index (χ2v) is 5.77. The fourth-order valence-electron chi connectivity index (χ4n) is 2.13. The summed E-state index contributed by atoms with van der Waals surface area (Å²) in [6, 6.07) is 0. The molecular formula is C12H19N3OS. The van der Waals surface area contributed by atoms with Crippen molar-refractivity contribution in [2.24, 2.45) is 5.92 Å². The van der Waals surface area contributed by atoms with Crippen LogP contribution < -0.4 is 10.6 Å². The van der Waals surface area contributed by atoms with E-state index in [1.165, 1.54) is 4.88 Å². The number of aromatic nitrogens is 1. The topological polar surface area (TPSA) is 54.0 Å². The largest absolute Gasteiger partial charge is 0.351 e. The number of amides is 1. The predicted octanol–water partition coefficient (Wildman–Crippen LogP) is 1.38. The van der Waals surface area contributed by atoms with E-state index in [1.54, 1.807) is 11.3 Å². The lowest BCUT2D eigenvalue weighted by Crippen LogP contribution is -2.37. The zero-order valence-corrected chi connectivity index (χ0v) is 11.2. The molecule has 0 unspecified atom stereocenters. The lowest BCUT2D eigenvalue weighted by molar-refractivity contribution is -0.125. The number of aryl methyl sites for hydroxylation is 2. The van der Waals surface area contributed by atoms with Crippen LogP contribution in [0.3, 0.4) is 0 Å². The van der Waals surface area contributed by atoms with E-state index in [0.29, 0.717) is 6.54 Å². The Morgan fingerprint density at radius 3 is 2.76 bits per heavy atom. The van der Waals surface area contributed by atoms with Gasteiger partial charge in [0.25, 0.3) is 0 Å². The van der Waals surface area contributed by atoms with Crippen LogP contribution in [0.25, 0.3) is 0 Å². The van der Waals surface area contributed by atoms with Gasteiger partial charge in [-0.2, -0.15) is 0 Å². The van der Waals surface area contributed by atoms with Crippen molar-refractivity contribution >= 4 is 17.2 Å². The fourth-order valence-corrected chi connectivity index (χ4v) is 3.01. The molecule has 17 heavy (non-hydrogen) atoms.